The van der Waals surface area contributed by atoms with E-state index in [9.17, 15) is 39.4 Å². The highest BCUT2D eigenvalue weighted by Crippen LogP contribution is 2.44. The van der Waals surface area contributed by atoms with Crippen molar-refractivity contribution in [2.75, 3.05) is 0 Å². The molecular formula is C44H36Cl2N2O8. The summed E-state index contributed by atoms with van der Waals surface area (Å²) in [6, 6.07) is 28.1. The fraction of sp³-hybridized carbons (Fsp3) is 0.273. The molecule has 284 valence electrons. The van der Waals surface area contributed by atoms with Crippen molar-refractivity contribution in [1.82, 2.24) is 0 Å². The van der Waals surface area contributed by atoms with Gasteiger partial charge >= 0.3 is 11.4 Å². The summed E-state index contributed by atoms with van der Waals surface area (Å²) in [7, 11) is 0. The van der Waals surface area contributed by atoms with Crippen LogP contribution < -0.4 is 0 Å². The molecule has 0 spiro atoms. The highest BCUT2D eigenvalue weighted by Gasteiger charge is 2.45. The molecule has 0 radical (unpaired) electrons. The molecular weight excluding hydrogens is 755 g/mol. The first-order chi connectivity index (χ1) is 26.9. The number of hydrogen-bond acceptors (Lipinski definition) is 8. The standard InChI is InChI=1S/2C22H18ClNO4/c2*23-16-11-9-14(10-12-16)13-5-7-15(8-6-13)19-20(24(27)28)22(26)18-4-2-1-3-17(18)21(19)25/h2*1-4,9-13,15H,5-8H2. The third-order valence-electron chi connectivity index (χ3n) is 11.6. The third-order valence-corrected chi connectivity index (χ3v) is 12.1. The van der Waals surface area contributed by atoms with Crippen molar-refractivity contribution in [3.05, 3.63) is 183 Å². The molecule has 0 aromatic heterocycles. The summed E-state index contributed by atoms with van der Waals surface area (Å²) in [4.78, 5) is 73.4. The molecule has 4 aromatic carbocycles. The molecule has 0 aliphatic heterocycles. The number of allylic oxidation sites excluding steroid dienone is 4. The lowest BCUT2D eigenvalue weighted by atomic mass is 9.72. The number of hydrogen-bond donors (Lipinski definition) is 0. The first-order valence-electron chi connectivity index (χ1n) is 18.6. The van der Waals surface area contributed by atoms with E-state index in [0.717, 1.165) is 25.7 Å². The van der Waals surface area contributed by atoms with Gasteiger partial charge in [-0.2, -0.15) is 0 Å². The van der Waals surface area contributed by atoms with Gasteiger partial charge in [-0.15, -0.1) is 0 Å². The highest BCUT2D eigenvalue weighted by atomic mass is 35.5. The van der Waals surface area contributed by atoms with Crippen LogP contribution >= 0.6 is 23.2 Å². The maximum Gasteiger partial charge on any atom is 0.324 e. The average molecular weight is 792 g/mol. The van der Waals surface area contributed by atoms with E-state index in [2.05, 4.69) is 0 Å². The summed E-state index contributed by atoms with van der Waals surface area (Å²) in [5.74, 6) is -1.95. The van der Waals surface area contributed by atoms with Gasteiger partial charge in [-0.3, -0.25) is 39.4 Å². The zero-order chi connectivity index (χ0) is 39.7. The molecule has 4 aromatic rings. The number of ketones is 4. The molecule has 0 saturated heterocycles. The number of carbonyl (C=O) groups excluding carboxylic acids is 4. The van der Waals surface area contributed by atoms with Crippen LogP contribution in [0.25, 0.3) is 0 Å². The van der Waals surface area contributed by atoms with E-state index in [-0.39, 0.29) is 56.8 Å². The Morgan fingerprint density at radius 2 is 0.679 bits per heavy atom. The minimum atomic E-state index is -0.684. The van der Waals surface area contributed by atoms with Gasteiger partial charge in [0.25, 0.3) is 11.6 Å². The van der Waals surface area contributed by atoms with Gasteiger partial charge in [0.1, 0.15) is 0 Å². The van der Waals surface area contributed by atoms with Gasteiger partial charge in [0, 0.05) is 32.3 Å². The Kier molecular flexibility index (Phi) is 11.2. The topological polar surface area (TPSA) is 155 Å². The second kappa shape index (κ2) is 16.3. The normalized spacial score (nSPS) is 22.2. The van der Waals surface area contributed by atoms with E-state index in [1.54, 1.807) is 36.4 Å². The van der Waals surface area contributed by atoms with Gasteiger partial charge in [0.2, 0.25) is 0 Å². The van der Waals surface area contributed by atoms with Crippen molar-refractivity contribution in [3.63, 3.8) is 0 Å². The number of fused-ring (bicyclic) bond motifs is 2. The van der Waals surface area contributed by atoms with Gasteiger partial charge in [0.15, 0.2) is 11.6 Å². The summed E-state index contributed by atoms with van der Waals surface area (Å²) >= 11 is 11.9. The quantitative estimate of drug-likeness (QED) is 0.138. The van der Waals surface area contributed by atoms with Crippen molar-refractivity contribution in [2.24, 2.45) is 11.8 Å². The first kappa shape index (κ1) is 38.7. The number of benzene rings is 4. The Balaban J connectivity index is 0.000000172. The zero-order valence-electron chi connectivity index (χ0n) is 30.1. The Morgan fingerprint density at radius 3 is 0.964 bits per heavy atom. The fourth-order valence-corrected chi connectivity index (χ4v) is 9.04. The maximum atomic E-state index is 13.0. The summed E-state index contributed by atoms with van der Waals surface area (Å²) in [6.45, 7) is 0. The van der Waals surface area contributed by atoms with E-state index < -0.39 is 32.8 Å². The van der Waals surface area contributed by atoms with Gasteiger partial charge in [-0.1, -0.05) is 96.0 Å². The summed E-state index contributed by atoms with van der Waals surface area (Å²) in [5, 5.41) is 24.7. The fourth-order valence-electron chi connectivity index (χ4n) is 8.78. The maximum absolute atomic E-state index is 13.0. The Labute approximate surface area is 332 Å². The van der Waals surface area contributed by atoms with E-state index in [4.69, 9.17) is 23.2 Å². The molecule has 8 rings (SSSR count). The van der Waals surface area contributed by atoms with Gasteiger partial charge in [-0.25, -0.2) is 0 Å². The number of halogens is 2. The predicted molar refractivity (Wildman–Crippen MR) is 211 cm³/mol. The number of nitrogens with zero attached hydrogens (tertiary/aromatic N) is 2. The van der Waals surface area contributed by atoms with E-state index in [1.165, 1.54) is 23.3 Å². The van der Waals surface area contributed by atoms with Crippen LogP contribution in [0, 0.1) is 32.1 Å². The van der Waals surface area contributed by atoms with Gasteiger partial charge in [0.05, 0.1) is 21.0 Å². The monoisotopic (exact) mass is 790 g/mol. The smallest absolute Gasteiger partial charge is 0.289 e. The van der Waals surface area contributed by atoms with E-state index >= 15 is 0 Å². The van der Waals surface area contributed by atoms with E-state index in [1.807, 2.05) is 48.5 Å². The number of nitro groups is 2. The van der Waals surface area contributed by atoms with Crippen LogP contribution in [0.1, 0.15) is 116 Å². The Bertz CT molecular complexity index is 2170. The van der Waals surface area contributed by atoms with Crippen molar-refractivity contribution >= 4 is 46.3 Å². The minimum absolute atomic E-state index is 0.0863. The van der Waals surface area contributed by atoms with Crippen molar-refractivity contribution in [1.29, 1.82) is 0 Å². The molecule has 10 nitrogen and oxygen atoms in total. The van der Waals surface area contributed by atoms with Crippen LogP contribution in [0.3, 0.4) is 0 Å². The van der Waals surface area contributed by atoms with E-state index in [0.29, 0.717) is 47.6 Å². The lowest BCUT2D eigenvalue weighted by Gasteiger charge is -2.30. The van der Waals surface area contributed by atoms with Crippen LogP contribution in [0.5, 0.6) is 0 Å². The number of carbonyl (C=O) groups is 4. The van der Waals surface area contributed by atoms with Crippen molar-refractivity contribution in [2.45, 2.75) is 63.2 Å². The van der Waals surface area contributed by atoms with Crippen molar-refractivity contribution in [3.8, 4) is 0 Å². The second-order valence-corrected chi connectivity index (χ2v) is 15.5. The lowest BCUT2D eigenvalue weighted by molar-refractivity contribution is -0.418. The van der Waals surface area contributed by atoms with Crippen LogP contribution in [0.2, 0.25) is 10.0 Å². The number of Topliss-reactive ketones (excluding diaryl/α,β-unsaturated/α-hetero) is 4. The number of rotatable bonds is 6. The molecule has 0 atom stereocenters. The lowest BCUT2D eigenvalue weighted by Crippen LogP contribution is -2.31. The van der Waals surface area contributed by atoms with Crippen LogP contribution in [0.4, 0.5) is 0 Å². The predicted octanol–water partition coefficient (Wildman–Crippen LogP) is 10.4. The molecule has 4 aliphatic carbocycles. The molecule has 0 N–H and O–H groups in total. The highest BCUT2D eigenvalue weighted by molar-refractivity contribution is 6.31. The molecule has 2 saturated carbocycles. The SMILES string of the molecule is O=C1C(C2CCC(c3ccc(Cl)cc3)CC2)=C([N+](=O)[O-])C(=O)c2ccccc21.O=C1C(C2CCC(c3ccc(Cl)cc3)CC2)=C([N+](=O)[O-])C(=O)c2ccccc21. The van der Waals surface area contributed by atoms with Gasteiger partial charge < -0.3 is 0 Å². The molecule has 4 aliphatic rings. The largest absolute Gasteiger partial charge is 0.324 e. The molecule has 0 bridgehead atoms. The minimum Gasteiger partial charge on any atom is -0.289 e. The summed E-state index contributed by atoms with van der Waals surface area (Å²) in [5.41, 5.74) is 2.24. The molecule has 12 heteroatoms. The summed E-state index contributed by atoms with van der Waals surface area (Å²) in [6.07, 6.45) is 5.80. The molecule has 0 heterocycles. The molecule has 56 heavy (non-hydrogen) atoms. The zero-order valence-corrected chi connectivity index (χ0v) is 31.6. The summed E-state index contributed by atoms with van der Waals surface area (Å²) < 4.78 is 0. The molecule has 0 amide bonds. The van der Waals surface area contributed by atoms with Crippen LogP contribution in [-0.2, 0) is 0 Å². The Hall–Kier alpha value is -5.58. The van der Waals surface area contributed by atoms with Crippen LogP contribution in [-0.4, -0.2) is 33.0 Å². The average Bonchev–Trinajstić information content (AvgIpc) is 3.21. The molecule has 0 unspecified atom stereocenters. The molecule has 2 fully saturated rings. The van der Waals surface area contributed by atoms with Gasteiger partial charge in [-0.05, 0) is 110 Å². The first-order valence-corrected chi connectivity index (χ1v) is 19.3. The Morgan fingerprint density at radius 1 is 0.411 bits per heavy atom. The third kappa shape index (κ3) is 7.51. The van der Waals surface area contributed by atoms with Crippen LogP contribution in [0.15, 0.2) is 120 Å². The van der Waals surface area contributed by atoms with Crippen molar-refractivity contribution < 1.29 is 29.0 Å². The second-order valence-electron chi connectivity index (χ2n) is 14.6.